The highest BCUT2D eigenvalue weighted by atomic mass is 32.2. The molecule has 1 N–H and O–H groups in total. The monoisotopic (exact) mass is 189 g/mol. The first-order valence-corrected chi connectivity index (χ1v) is 3.96. The van der Waals surface area contributed by atoms with E-state index >= 15 is 0 Å². The van der Waals surface area contributed by atoms with Crippen molar-refractivity contribution in [1.29, 1.82) is 0 Å². The van der Waals surface area contributed by atoms with Crippen LogP contribution in [0.15, 0.2) is 12.7 Å². The minimum atomic E-state index is -5.24. The van der Waals surface area contributed by atoms with Crippen molar-refractivity contribution in [3.8, 4) is 0 Å². The maximum atomic E-state index is 11.5. The highest BCUT2D eigenvalue weighted by Gasteiger charge is 2.45. The molecule has 0 unspecified atom stereocenters. The van der Waals surface area contributed by atoms with Crippen LogP contribution in [-0.4, -0.2) is 20.5 Å². The Labute approximate surface area is 62.0 Å². The first-order chi connectivity index (χ1) is 4.81. The zero-order chi connectivity index (χ0) is 9.12. The number of hydrogen-bond acceptors (Lipinski definition) is 2. The molecular weight excluding hydrogens is 183 g/mol. The van der Waals surface area contributed by atoms with Crippen LogP contribution in [0.3, 0.4) is 0 Å². The first-order valence-electron chi connectivity index (χ1n) is 2.48. The summed E-state index contributed by atoms with van der Waals surface area (Å²) in [4.78, 5) is 0. The van der Waals surface area contributed by atoms with E-state index in [0.29, 0.717) is 0 Å². The van der Waals surface area contributed by atoms with E-state index < -0.39 is 22.1 Å². The largest absolute Gasteiger partial charge is 0.511 e. The van der Waals surface area contributed by atoms with Crippen LogP contribution in [0.4, 0.5) is 13.2 Å². The van der Waals surface area contributed by atoms with E-state index in [0.717, 1.165) is 6.08 Å². The Balaban J connectivity index is 4.37. The molecule has 0 aromatic rings. The molecule has 0 spiro atoms. The summed E-state index contributed by atoms with van der Waals surface area (Å²) < 4.78 is 55.9. The zero-order valence-corrected chi connectivity index (χ0v) is 6.17. The zero-order valence-electron chi connectivity index (χ0n) is 5.35. The highest BCUT2D eigenvalue weighted by molar-refractivity contribution is 7.90. The number of hydrogen-bond donors (Lipinski definition) is 1. The standard InChI is InChI=1S/C4H6F3NO2S/c1-2-3-8-11(9,10)4(5,6)7/h2,8H,1,3H2. The second kappa shape index (κ2) is 3.22. The number of rotatable bonds is 3. The highest BCUT2D eigenvalue weighted by Crippen LogP contribution is 2.20. The van der Waals surface area contributed by atoms with E-state index in [4.69, 9.17) is 0 Å². The maximum Gasteiger partial charge on any atom is 0.511 e. The normalized spacial score (nSPS) is 13.0. The Hall–Kier alpha value is -0.560. The van der Waals surface area contributed by atoms with Gasteiger partial charge in [-0.3, -0.25) is 0 Å². The number of sulfonamides is 1. The summed E-state index contributed by atoms with van der Waals surface area (Å²) in [5.41, 5.74) is -5.24. The number of halogens is 3. The smallest absolute Gasteiger partial charge is 0.204 e. The molecule has 0 atom stereocenters. The summed E-state index contributed by atoms with van der Waals surface area (Å²) in [5, 5.41) is 0. The van der Waals surface area contributed by atoms with E-state index in [1.165, 1.54) is 4.72 Å². The third-order valence-electron chi connectivity index (χ3n) is 0.722. The van der Waals surface area contributed by atoms with Crippen LogP contribution >= 0.6 is 0 Å². The van der Waals surface area contributed by atoms with Gasteiger partial charge in [-0.1, -0.05) is 6.08 Å². The molecule has 0 aromatic heterocycles. The Bertz CT molecular complexity index is 230. The van der Waals surface area contributed by atoms with E-state index in [1.54, 1.807) is 0 Å². The van der Waals surface area contributed by atoms with Crippen LogP contribution in [-0.2, 0) is 10.0 Å². The Morgan fingerprint density at radius 2 is 1.91 bits per heavy atom. The molecule has 0 fully saturated rings. The molecule has 0 rings (SSSR count). The molecule has 0 radical (unpaired) electrons. The summed E-state index contributed by atoms with van der Waals surface area (Å²) in [6.45, 7) is 2.62. The molecular formula is C4H6F3NO2S. The fourth-order valence-corrected chi connectivity index (χ4v) is 0.751. The van der Waals surface area contributed by atoms with Gasteiger partial charge in [0.1, 0.15) is 0 Å². The van der Waals surface area contributed by atoms with Crippen LogP contribution in [0, 0.1) is 0 Å². The molecule has 0 aromatic carbocycles. The summed E-state index contributed by atoms with van der Waals surface area (Å²) >= 11 is 0. The fourth-order valence-electron chi connectivity index (χ4n) is 0.250. The molecule has 0 bridgehead atoms. The Kier molecular flexibility index (Phi) is 3.06. The van der Waals surface area contributed by atoms with Gasteiger partial charge < -0.3 is 0 Å². The lowest BCUT2D eigenvalue weighted by atomic mass is 10.7. The van der Waals surface area contributed by atoms with Crippen molar-refractivity contribution in [2.75, 3.05) is 6.54 Å². The van der Waals surface area contributed by atoms with Gasteiger partial charge >= 0.3 is 15.5 Å². The van der Waals surface area contributed by atoms with Crippen molar-refractivity contribution in [3.63, 3.8) is 0 Å². The van der Waals surface area contributed by atoms with Gasteiger partial charge in [0.15, 0.2) is 0 Å². The number of alkyl halides is 3. The van der Waals surface area contributed by atoms with Gasteiger partial charge in [-0.05, 0) is 0 Å². The summed E-state index contributed by atoms with van der Waals surface area (Å²) in [6.07, 6.45) is 1.02. The molecule has 0 aliphatic rings. The van der Waals surface area contributed by atoms with Gasteiger partial charge in [-0.2, -0.15) is 13.2 Å². The third-order valence-corrected chi connectivity index (χ3v) is 1.88. The SMILES string of the molecule is C=CCNS(=O)(=O)C(F)(F)F. The second-order valence-electron chi connectivity index (χ2n) is 1.59. The van der Waals surface area contributed by atoms with E-state index in [1.807, 2.05) is 0 Å². The molecule has 0 saturated carbocycles. The molecule has 0 amide bonds. The van der Waals surface area contributed by atoms with Crippen LogP contribution in [0.25, 0.3) is 0 Å². The van der Waals surface area contributed by atoms with Gasteiger partial charge in [0.25, 0.3) is 0 Å². The molecule has 0 aliphatic heterocycles. The van der Waals surface area contributed by atoms with Crippen molar-refractivity contribution in [2.24, 2.45) is 0 Å². The van der Waals surface area contributed by atoms with Gasteiger partial charge in [-0.15, -0.1) is 6.58 Å². The Morgan fingerprint density at radius 1 is 1.45 bits per heavy atom. The topological polar surface area (TPSA) is 46.2 Å². The van der Waals surface area contributed by atoms with E-state index in [9.17, 15) is 21.6 Å². The van der Waals surface area contributed by atoms with Crippen molar-refractivity contribution < 1.29 is 21.6 Å². The summed E-state index contributed by atoms with van der Waals surface area (Å²) in [6, 6.07) is 0. The third kappa shape index (κ3) is 2.89. The predicted octanol–water partition coefficient (Wildman–Crippen LogP) is 0.612. The Morgan fingerprint density at radius 3 is 2.18 bits per heavy atom. The lowest BCUT2D eigenvalue weighted by Crippen LogP contribution is -2.36. The van der Waals surface area contributed by atoms with E-state index in [-0.39, 0.29) is 0 Å². The van der Waals surface area contributed by atoms with Gasteiger partial charge in [-0.25, -0.2) is 13.1 Å². The van der Waals surface area contributed by atoms with Crippen LogP contribution in [0.2, 0.25) is 0 Å². The lowest BCUT2D eigenvalue weighted by molar-refractivity contribution is -0.0446. The van der Waals surface area contributed by atoms with Gasteiger partial charge in [0, 0.05) is 6.54 Å². The van der Waals surface area contributed by atoms with Crippen molar-refractivity contribution in [3.05, 3.63) is 12.7 Å². The quantitative estimate of drug-likeness (QED) is 0.661. The van der Waals surface area contributed by atoms with Crippen LogP contribution in [0.1, 0.15) is 0 Å². The maximum absolute atomic E-state index is 11.5. The van der Waals surface area contributed by atoms with E-state index in [2.05, 4.69) is 6.58 Å². The summed E-state index contributed by atoms with van der Waals surface area (Å²) in [7, 11) is -5.18. The average molecular weight is 189 g/mol. The second-order valence-corrected chi connectivity index (χ2v) is 3.34. The molecule has 3 nitrogen and oxygen atoms in total. The fraction of sp³-hybridized carbons (Fsp3) is 0.500. The minimum absolute atomic E-state index is 0.429. The predicted molar refractivity (Wildman–Crippen MR) is 33.2 cm³/mol. The minimum Gasteiger partial charge on any atom is -0.204 e. The van der Waals surface area contributed by atoms with Gasteiger partial charge in [0.05, 0.1) is 0 Å². The van der Waals surface area contributed by atoms with Crippen LogP contribution < -0.4 is 4.72 Å². The van der Waals surface area contributed by atoms with Gasteiger partial charge in [0.2, 0.25) is 0 Å². The number of nitrogens with one attached hydrogen (secondary N) is 1. The van der Waals surface area contributed by atoms with Crippen molar-refractivity contribution in [1.82, 2.24) is 4.72 Å². The molecule has 66 valence electrons. The molecule has 0 saturated heterocycles. The average Bonchev–Trinajstić information content (AvgIpc) is 1.81. The molecule has 11 heavy (non-hydrogen) atoms. The van der Waals surface area contributed by atoms with Crippen molar-refractivity contribution in [2.45, 2.75) is 5.51 Å². The first kappa shape index (κ1) is 10.4. The molecule has 0 heterocycles. The molecule has 0 aliphatic carbocycles. The van der Waals surface area contributed by atoms with Crippen LogP contribution in [0.5, 0.6) is 0 Å². The lowest BCUT2D eigenvalue weighted by Gasteiger charge is -2.06. The van der Waals surface area contributed by atoms with Crippen molar-refractivity contribution >= 4 is 10.0 Å². The molecule has 7 heteroatoms. The summed E-state index contributed by atoms with van der Waals surface area (Å²) in [5.74, 6) is 0.